The highest BCUT2D eigenvalue weighted by Gasteiger charge is 2.38. The van der Waals surface area contributed by atoms with Gasteiger partial charge in [0.2, 0.25) is 0 Å². The third kappa shape index (κ3) is 5.07. The molecule has 0 aliphatic carbocycles. The monoisotopic (exact) mass is 243 g/mol. The molecule has 0 rings (SSSR count). The van der Waals surface area contributed by atoms with Gasteiger partial charge in [-0.15, -0.1) is 0 Å². The summed E-state index contributed by atoms with van der Waals surface area (Å²) in [5.74, 6) is 0.347. The van der Waals surface area contributed by atoms with Gasteiger partial charge in [0.25, 0.3) is 0 Å². The number of likely N-dealkylation sites (N-methyl/N-ethyl adjacent to an activating group) is 1. The van der Waals surface area contributed by atoms with Crippen LogP contribution >= 0.6 is 0 Å². The van der Waals surface area contributed by atoms with Crippen molar-refractivity contribution < 1.29 is 9.90 Å². The third-order valence-electron chi connectivity index (χ3n) is 3.33. The second-order valence-electron chi connectivity index (χ2n) is 5.94. The number of carboxylic acids is 1. The van der Waals surface area contributed by atoms with E-state index < -0.39 is 11.5 Å². The second kappa shape index (κ2) is 7.00. The van der Waals surface area contributed by atoms with Gasteiger partial charge in [-0.2, -0.15) is 0 Å². The van der Waals surface area contributed by atoms with Crippen molar-refractivity contribution in [1.29, 1.82) is 0 Å². The smallest absolute Gasteiger partial charge is 0.323 e. The summed E-state index contributed by atoms with van der Waals surface area (Å²) in [6.45, 7) is 14.1. The Morgan fingerprint density at radius 2 is 1.76 bits per heavy atom. The second-order valence-corrected chi connectivity index (χ2v) is 5.94. The average molecular weight is 243 g/mol. The first-order chi connectivity index (χ1) is 7.74. The maximum absolute atomic E-state index is 11.6. The molecule has 0 saturated heterocycles. The Balaban J connectivity index is 4.82. The van der Waals surface area contributed by atoms with Crippen LogP contribution in [0.5, 0.6) is 0 Å². The molecule has 102 valence electrons. The molecule has 0 heterocycles. The number of carbonyl (C=O) groups is 1. The molecule has 0 bridgehead atoms. The van der Waals surface area contributed by atoms with Crippen molar-refractivity contribution in [2.45, 2.75) is 59.9 Å². The van der Waals surface area contributed by atoms with Gasteiger partial charge in [0.1, 0.15) is 5.54 Å². The normalized spacial score (nSPS) is 15.6. The van der Waals surface area contributed by atoms with Crippen LogP contribution in [0.15, 0.2) is 0 Å². The van der Waals surface area contributed by atoms with E-state index in [9.17, 15) is 9.90 Å². The van der Waals surface area contributed by atoms with Crippen molar-refractivity contribution in [2.24, 2.45) is 11.8 Å². The molecule has 0 aromatic heterocycles. The van der Waals surface area contributed by atoms with Gasteiger partial charge in [0.15, 0.2) is 0 Å². The molecule has 0 amide bonds. The number of carboxylic acid groups (broad SMARTS) is 1. The lowest BCUT2D eigenvalue weighted by Gasteiger charge is -2.38. The van der Waals surface area contributed by atoms with E-state index in [4.69, 9.17) is 0 Å². The first-order valence-electron chi connectivity index (χ1n) is 6.72. The Labute approximate surface area is 106 Å². The molecular weight excluding hydrogens is 214 g/mol. The Morgan fingerprint density at radius 1 is 1.24 bits per heavy atom. The van der Waals surface area contributed by atoms with Gasteiger partial charge in [0.05, 0.1) is 0 Å². The summed E-state index contributed by atoms with van der Waals surface area (Å²) in [6.07, 6.45) is 1.68. The van der Waals surface area contributed by atoms with Crippen LogP contribution in [-0.4, -0.2) is 34.6 Å². The average Bonchev–Trinajstić information content (AvgIpc) is 2.21. The lowest BCUT2D eigenvalue weighted by atomic mass is 9.89. The van der Waals surface area contributed by atoms with Crippen LogP contribution in [0.4, 0.5) is 0 Å². The number of aliphatic carboxylic acids is 1. The Morgan fingerprint density at radius 3 is 2.06 bits per heavy atom. The first-order valence-corrected chi connectivity index (χ1v) is 6.72. The number of hydrogen-bond donors (Lipinski definition) is 1. The minimum atomic E-state index is -0.719. The molecule has 0 aromatic rings. The summed E-state index contributed by atoms with van der Waals surface area (Å²) in [7, 11) is 0. The van der Waals surface area contributed by atoms with Gasteiger partial charge in [-0.1, -0.05) is 34.6 Å². The fraction of sp³-hybridized carbons (Fsp3) is 0.929. The maximum atomic E-state index is 11.6. The van der Waals surface area contributed by atoms with E-state index in [0.717, 1.165) is 25.9 Å². The molecule has 1 atom stereocenters. The molecule has 0 fully saturated rings. The van der Waals surface area contributed by atoms with Crippen LogP contribution in [0.2, 0.25) is 0 Å². The van der Waals surface area contributed by atoms with E-state index in [1.165, 1.54) is 0 Å². The highest BCUT2D eigenvalue weighted by atomic mass is 16.4. The Kier molecular flexibility index (Phi) is 6.76. The minimum absolute atomic E-state index is 0.493. The quantitative estimate of drug-likeness (QED) is 0.711. The van der Waals surface area contributed by atoms with Crippen LogP contribution < -0.4 is 0 Å². The van der Waals surface area contributed by atoms with Crippen LogP contribution in [-0.2, 0) is 4.79 Å². The van der Waals surface area contributed by atoms with Crippen molar-refractivity contribution >= 4 is 5.97 Å². The van der Waals surface area contributed by atoms with E-state index in [2.05, 4.69) is 32.6 Å². The Bertz CT molecular complexity index is 238. The number of nitrogens with zero attached hydrogens (tertiary/aromatic N) is 1. The summed E-state index contributed by atoms with van der Waals surface area (Å²) in [6, 6.07) is 0. The summed E-state index contributed by atoms with van der Waals surface area (Å²) in [5.41, 5.74) is -0.719. The van der Waals surface area contributed by atoms with E-state index in [-0.39, 0.29) is 0 Å². The largest absolute Gasteiger partial charge is 0.480 e. The van der Waals surface area contributed by atoms with Gasteiger partial charge >= 0.3 is 5.97 Å². The van der Waals surface area contributed by atoms with Gasteiger partial charge in [0, 0.05) is 6.54 Å². The van der Waals surface area contributed by atoms with Gasteiger partial charge < -0.3 is 5.11 Å². The molecule has 1 unspecified atom stereocenters. The highest BCUT2D eigenvalue weighted by molar-refractivity contribution is 5.78. The van der Waals surface area contributed by atoms with Gasteiger partial charge in [-0.05, 0) is 38.1 Å². The van der Waals surface area contributed by atoms with Gasteiger partial charge in [-0.3, -0.25) is 9.69 Å². The molecule has 0 spiro atoms. The van der Waals surface area contributed by atoms with Gasteiger partial charge in [-0.25, -0.2) is 0 Å². The van der Waals surface area contributed by atoms with Crippen LogP contribution in [0.1, 0.15) is 54.4 Å². The molecule has 3 heteroatoms. The SMILES string of the molecule is CCN(CC(C)C)C(C)(CCC(C)C)C(=O)O. The number of rotatable bonds is 8. The van der Waals surface area contributed by atoms with Crippen molar-refractivity contribution in [1.82, 2.24) is 4.90 Å². The molecule has 0 radical (unpaired) electrons. The molecule has 0 saturated carbocycles. The van der Waals surface area contributed by atoms with Crippen LogP contribution in [0.25, 0.3) is 0 Å². The van der Waals surface area contributed by atoms with E-state index >= 15 is 0 Å². The predicted molar refractivity (Wildman–Crippen MR) is 72.2 cm³/mol. The zero-order chi connectivity index (χ0) is 13.6. The lowest BCUT2D eigenvalue weighted by molar-refractivity contribution is -0.151. The van der Waals surface area contributed by atoms with Crippen molar-refractivity contribution in [2.75, 3.05) is 13.1 Å². The highest BCUT2D eigenvalue weighted by Crippen LogP contribution is 2.25. The Hall–Kier alpha value is -0.570. The summed E-state index contributed by atoms with van der Waals surface area (Å²) < 4.78 is 0. The zero-order valence-electron chi connectivity index (χ0n) is 12.3. The third-order valence-corrected chi connectivity index (χ3v) is 3.33. The fourth-order valence-electron chi connectivity index (χ4n) is 2.09. The topological polar surface area (TPSA) is 40.5 Å². The summed E-state index contributed by atoms with van der Waals surface area (Å²) in [4.78, 5) is 13.7. The molecule has 0 aliphatic heterocycles. The molecule has 1 N–H and O–H groups in total. The van der Waals surface area contributed by atoms with E-state index in [1.807, 2.05) is 13.8 Å². The molecule has 0 aromatic carbocycles. The zero-order valence-corrected chi connectivity index (χ0v) is 12.3. The summed E-state index contributed by atoms with van der Waals surface area (Å²) >= 11 is 0. The maximum Gasteiger partial charge on any atom is 0.323 e. The van der Waals surface area contributed by atoms with E-state index in [1.54, 1.807) is 0 Å². The van der Waals surface area contributed by atoms with E-state index in [0.29, 0.717) is 11.8 Å². The van der Waals surface area contributed by atoms with Crippen molar-refractivity contribution in [3.8, 4) is 0 Å². The minimum Gasteiger partial charge on any atom is -0.480 e. The summed E-state index contributed by atoms with van der Waals surface area (Å²) in [5, 5.41) is 9.52. The first kappa shape index (κ1) is 16.4. The lowest BCUT2D eigenvalue weighted by Crippen LogP contribution is -2.53. The van der Waals surface area contributed by atoms with Crippen LogP contribution in [0, 0.1) is 11.8 Å². The predicted octanol–water partition coefficient (Wildman–Crippen LogP) is 3.24. The van der Waals surface area contributed by atoms with Crippen molar-refractivity contribution in [3.05, 3.63) is 0 Å². The molecule has 0 aliphatic rings. The van der Waals surface area contributed by atoms with Crippen LogP contribution in [0.3, 0.4) is 0 Å². The molecular formula is C14H29NO2. The standard InChI is InChI=1S/C14H29NO2/c1-7-15(10-12(4)5)14(6,13(16)17)9-8-11(2)3/h11-12H,7-10H2,1-6H3,(H,16,17). The molecule has 3 nitrogen and oxygen atoms in total. The fourth-order valence-corrected chi connectivity index (χ4v) is 2.09. The number of hydrogen-bond acceptors (Lipinski definition) is 2. The molecule has 17 heavy (non-hydrogen) atoms. The van der Waals surface area contributed by atoms with Crippen molar-refractivity contribution in [3.63, 3.8) is 0 Å².